The number of methoxy groups -OCH3 is 1. The van der Waals surface area contributed by atoms with Crippen molar-refractivity contribution in [2.24, 2.45) is 0 Å². The monoisotopic (exact) mass is 395 g/mol. The van der Waals surface area contributed by atoms with Crippen molar-refractivity contribution >= 4 is 16.7 Å². The SMILES string of the molecule is COc1ccc(CCN2CCN(c3nc(-c4ccc(C)nc4)ns3)CC2)cc1. The number of rotatable bonds is 6. The zero-order valence-electron chi connectivity index (χ0n) is 16.3. The maximum Gasteiger partial charge on any atom is 0.205 e. The molecule has 0 aliphatic carbocycles. The van der Waals surface area contributed by atoms with Crippen LogP contribution in [-0.2, 0) is 6.42 Å². The summed E-state index contributed by atoms with van der Waals surface area (Å²) in [6.45, 7) is 7.15. The molecule has 1 aliphatic rings. The molecular weight excluding hydrogens is 370 g/mol. The minimum atomic E-state index is 0.773. The molecular formula is C21H25N5OS. The van der Waals surface area contributed by atoms with E-state index in [1.165, 1.54) is 17.1 Å². The summed E-state index contributed by atoms with van der Waals surface area (Å²) in [5, 5.41) is 1.00. The van der Waals surface area contributed by atoms with Crippen LogP contribution in [0.25, 0.3) is 11.4 Å². The van der Waals surface area contributed by atoms with E-state index in [-0.39, 0.29) is 0 Å². The first-order valence-corrected chi connectivity index (χ1v) is 10.4. The average Bonchev–Trinajstić information content (AvgIpc) is 3.24. The highest BCUT2D eigenvalue weighted by Gasteiger charge is 2.20. The Labute approximate surface area is 170 Å². The van der Waals surface area contributed by atoms with Gasteiger partial charge in [-0.15, -0.1) is 0 Å². The van der Waals surface area contributed by atoms with Gasteiger partial charge in [0.1, 0.15) is 5.75 Å². The molecule has 3 aromatic rings. The molecule has 0 spiro atoms. The molecule has 28 heavy (non-hydrogen) atoms. The van der Waals surface area contributed by atoms with Gasteiger partial charge in [-0.3, -0.25) is 9.88 Å². The van der Waals surface area contributed by atoms with Crippen LogP contribution in [0.2, 0.25) is 0 Å². The molecule has 0 bridgehead atoms. The summed E-state index contributed by atoms with van der Waals surface area (Å²) < 4.78 is 9.75. The molecule has 0 N–H and O–H groups in total. The standard InChI is InChI=1S/C21H25N5OS/c1-16-3-6-18(15-22-16)20-23-21(28-24-20)26-13-11-25(12-14-26)10-9-17-4-7-19(27-2)8-5-17/h3-8,15H,9-14H2,1-2H3. The van der Waals surface area contributed by atoms with Gasteiger partial charge in [0, 0.05) is 61.7 Å². The van der Waals surface area contributed by atoms with E-state index >= 15 is 0 Å². The Hall–Kier alpha value is -2.51. The molecule has 3 heterocycles. The van der Waals surface area contributed by atoms with Gasteiger partial charge in [-0.25, -0.2) is 0 Å². The summed E-state index contributed by atoms with van der Waals surface area (Å²) in [5.74, 6) is 1.68. The number of ether oxygens (including phenoxy) is 1. The van der Waals surface area contributed by atoms with Gasteiger partial charge in [-0.05, 0) is 43.2 Å². The minimum Gasteiger partial charge on any atom is -0.497 e. The Balaban J connectivity index is 1.28. The van der Waals surface area contributed by atoms with Crippen LogP contribution in [-0.4, -0.2) is 59.1 Å². The fourth-order valence-corrected chi connectivity index (χ4v) is 4.04. The minimum absolute atomic E-state index is 0.773. The second-order valence-corrected chi connectivity index (χ2v) is 7.75. The molecule has 1 aromatic carbocycles. The van der Waals surface area contributed by atoms with Gasteiger partial charge < -0.3 is 9.64 Å². The van der Waals surface area contributed by atoms with Crippen LogP contribution in [0.3, 0.4) is 0 Å². The highest BCUT2D eigenvalue weighted by atomic mass is 32.1. The first kappa shape index (κ1) is 18.8. The zero-order chi connectivity index (χ0) is 19.3. The summed E-state index contributed by atoms with van der Waals surface area (Å²) in [6, 6.07) is 12.4. The van der Waals surface area contributed by atoms with Crippen molar-refractivity contribution in [1.82, 2.24) is 19.2 Å². The Bertz CT molecular complexity index is 886. The van der Waals surface area contributed by atoms with Crippen LogP contribution < -0.4 is 9.64 Å². The number of benzene rings is 1. The maximum atomic E-state index is 5.22. The molecule has 2 aromatic heterocycles. The van der Waals surface area contributed by atoms with E-state index in [9.17, 15) is 0 Å². The number of piperazine rings is 1. The second-order valence-electron chi connectivity index (χ2n) is 7.02. The molecule has 0 radical (unpaired) electrons. The van der Waals surface area contributed by atoms with Crippen molar-refractivity contribution < 1.29 is 4.74 Å². The molecule has 1 fully saturated rings. The molecule has 7 heteroatoms. The van der Waals surface area contributed by atoms with Crippen LogP contribution in [0.15, 0.2) is 42.6 Å². The number of anilines is 1. The van der Waals surface area contributed by atoms with Crippen molar-refractivity contribution in [2.75, 3.05) is 44.7 Å². The molecule has 1 aliphatic heterocycles. The van der Waals surface area contributed by atoms with Crippen LogP contribution in [0.4, 0.5) is 5.13 Å². The second kappa shape index (κ2) is 8.67. The van der Waals surface area contributed by atoms with E-state index < -0.39 is 0 Å². The number of aryl methyl sites for hydroxylation is 1. The Morgan fingerprint density at radius 2 is 1.82 bits per heavy atom. The topological polar surface area (TPSA) is 54.4 Å². The highest BCUT2D eigenvalue weighted by Crippen LogP contribution is 2.24. The number of pyridine rings is 1. The normalized spacial score (nSPS) is 15.0. The molecule has 0 atom stereocenters. The van der Waals surface area contributed by atoms with Crippen molar-refractivity contribution in [2.45, 2.75) is 13.3 Å². The molecule has 146 valence electrons. The molecule has 1 saturated heterocycles. The van der Waals surface area contributed by atoms with Gasteiger partial charge in [0.15, 0.2) is 5.82 Å². The number of hydrogen-bond donors (Lipinski definition) is 0. The lowest BCUT2D eigenvalue weighted by molar-refractivity contribution is 0.261. The van der Waals surface area contributed by atoms with Gasteiger partial charge in [-0.1, -0.05) is 12.1 Å². The van der Waals surface area contributed by atoms with Gasteiger partial charge in [0.05, 0.1) is 7.11 Å². The first-order chi connectivity index (χ1) is 13.7. The fraction of sp³-hybridized carbons (Fsp3) is 0.381. The van der Waals surface area contributed by atoms with E-state index in [0.717, 1.165) is 67.1 Å². The van der Waals surface area contributed by atoms with Crippen LogP contribution in [0.1, 0.15) is 11.3 Å². The van der Waals surface area contributed by atoms with Crippen molar-refractivity contribution in [1.29, 1.82) is 0 Å². The van der Waals surface area contributed by atoms with Gasteiger partial charge in [0.25, 0.3) is 0 Å². The predicted octanol–water partition coefficient (Wildman–Crippen LogP) is 3.28. The molecule has 4 rings (SSSR count). The predicted molar refractivity (Wildman–Crippen MR) is 113 cm³/mol. The van der Waals surface area contributed by atoms with Gasteiger partial charge in [-0.2, -0.15) is 9.36 Å². The van der Waals surface area contributed by atoms with E-state index in [4.69, 9.17) is 9.72 Å². The molecule has 6 nitrogen and oxygen atoms in total. The Kier molecular flexibility index (Phi) is 5.83. The lowest BCUT2D eigenvalue weighted by atomic mass is 10.1. The average molecular weight is 396 g/mol. The van der Waals surface area contributed by atoms with Gasteiger partial charge >= 0.3 is 0 Å². The van der Waals surface area contributed by atoms with Gasteiger partial charge in [0.2, 0.25) is 5.13 Å². The molecule has 0 amide bonds. The fourth-order valence-electron chi connectivity index (χ4n) is 3.30. The first-order valence-electron chi connectivity index (χ1n) is 9.58. The van der Waals surface area contributed by atoms with E-state index in [0.29, 0.717) is 0 Å². The summed E-state index contributed by atoms with van der Waals surface area (Å²) in [4.78, 5) is 13.9. The molecule has 0 saturated carbocycles. The summed E-state index contributed by atoms with van der Waals surface area (Å²) >= 11 is 1.48. The largest absolute Gasteiger partial charge is 0.497 e. The van der Waals surface area contributed by atoms with E-state index in [1.807, 2.05) is 37.4 Å². The quantitative estimate of drug-likeness (QED) is 0.638. The van der Waals surface area contributed by atoms with Crippen LogP contribution >= 0.6 is 11.5 Å². The third kappa shape index (κ3) is 4.48. The summed E-state index contributed by atoms with van der Waals surface area (Å²) in [7, 11) is 1.70. The lowest BCUT2D eigenvalue weighted by Crippen LogP contribution is -2.47. The zero-order valence-corrected chi connectivity index (χ0v) is 17.2. The van der Waals surface area contributed by atoms with E-state index in [1.54, 1.807) is 7.11 Å². The van der Waals surface area contributed by atoms with Crippen molar-refractivity contribution in [3.8, 4) is 17.1 Å². The van der Waals surface area contributed by atoms with Crippen molar-refractivity contribution in [3.05, 3.63) is 53.9 Å². The Morgan fingerprint density at radius 1 is 1.04 bits per heavy atom. The van der Waals surface area contributed by atoms with Crippen LogP contribution in [0.5, 0.6) is 5.75 Å². The maximum absolute atomic E-state index is 5.22. The Morgan fingerprint density at radius 3 is 2.50 bits per heavy atom. The summed E-state index contributed by atoms with van der Waals surface area (Å²) in [5.41, 5.74) is 3.33. The number of nitrogens with zero attached hydrogens (tertiary/aromatic N) is 5. The lowest BCUT2D eigenvalue weighted by Gasteiger charge is -2.34. The third-order valence-electron chi connectivity index (χ3n) is 5.10. The van der Waals surface area contributed by atoms with Crippen LogP contribution in [0, 0.1) is 6.92 Å². The molecule has 0 unspecified atom stereocenters. The van der Waals surface area contributed by atoms with Crippen molar-refractivity contribution in [3.63, 3.8) is 0 Å². The summed E-state index contributed by atoms with van der Waals surface area (Å²) in [6.07, 6.45) is 2.91. The van der Waals surface area contributed by atoms with E-state index in [2.05, 4.69) is 31.3 Å². The third-order valence-corrected chi connectivity index (χ3v) is 5.88. The highest BCUT2D eigenvalue weighted by molar-refractivity contribution is 7.09. The number of aromatic nitrogens is 3. The smallest absolute Gasteiger partial charge is 0.205 e. The number of hydrogen-bond acceptors (Lipinski definition) is 7.